The minimum absolute atomic E-state index is 0.179. The second kappa shape index (κ2) is 9.10. The number of anilines is 2. The van der Waals surface area contributed by atoms with Gasteiger partial charge in [-0.05, 0) is 50.5 Å². The van der Waals surface area contributed by atoms with Gasteiger partial charge in [-0.3, -0.25) is 9.78 Å². The van der Waals surface area contributed by atoms with E-state index in [2.05, 4.69) is 21.7 Å². The monoisotopic (exact) mass is 484 g/mol. The number of pyridine rings is 1. The summed E-state index contributed by atoms with van der Waals surface area (Å²) in [7, 11) is 0.179. The van der Waals surface area contributed by atoms with Gasteiger partial charge < -0.3 is 10.2 Å². The Bertz CT molecular complexity index is 1180. The number of amides is 1. The van der Waals surface area contributed by atoms with Gasteiger partial charge in [-0.25, -0.2) is 8.78 Å². The average molecular weight is 485 g/mol. The summed E-state index contributed by atoms with van der Waals surface area (Å²) in [5.74, 6) is -2.93. The molecule has 2 fully saturated rings. The van der Waals surface area contributed by atoms with E-state index in [1.807, 2.05) is 13.8 Å². The number of benzene rings is 1. The molecule has 1 saturated carbocycles. The van der Waals surface area contributed by atoms with Crippen molar-refractivity contribution in [1.82, 2.24) is 9.88 Å². The number of nitrogens with zero attached hydrogens (tertiary/aromatic N) is 3. The molecule has 1 aromatic heterocycles. The highest BCUT2D eigenvalue weighted by Gasteiger charge is 2.82. The lowest BCUT2D eigenvalue weighted by Gasteiger charge is -2.31. The van der Waals surface area contributed by atoms with Gasteiger partial charge >= 0.3 is 0 Å². The average Bonchev–Trinajstić information content (AvgIpc) is 3.32. The molecule has 1 amide bonds. The van der Waals surface area contributed by atoms with Crippen molar-refractivity contribution in [3.05, 3.63) is 52.8 Å². The molecule has 2 atom stereocenters. The van der Waals surface area contributed by atoms with E-state index in [1.165, 1.54) is 6.92 Å². The van der Waals surface area contributed by atoms with Crippen LogP contribution in [0.4, 0.5) is 20.2 Å². The topological polar surface area (TPSA) is 69.0 Å². The number of aromatic nitrogens is 1. The molecule has 1 saturated heterocycles. The maximum Gasteiger partial charge on any atom is 0.270 e. The molecule has 4 rings (SSSR count). The van der Waals surface area contributed by atoms with E-state index in [-0.39, 0.29) is 10.5 Å². The summed E-state index contributed by atoms with van der Waals surface area (Å²) in [6, 6.07) is 9.02. The van der Waals surface area contributed by atoms with Crippen LogP contribution in [0.2, 0.25) is 0 Å². The molecule has 5 nitrogen and oxygen atoms in total. The first-order valence-corrected chi connectivity index (χ1v) is 13.2. The molecular formula is C26H30F2N4OS. The zero-order chi connectivity index (χ0) is 24.7. The number of hydrogen-bond acceptors (Lipinski definition) is 4. The van der Waals surface area contributed by atoms with Crippen molar-refractivity contribution < 1.29 is 13.6 Å². The Hall–Kier alpha value is -2.79. The number of nitriles is 1. The first kappa shape index (κ1) is 24.3. The van der Waals surface area contributed by atoms with Crippen LogP contribution in [-0.4, -0.2) is 51.7 Å². The zero-order valence-electron chi connectivity index (χ0n) is 20.0. The molecule has 2 aliphatic rings. The third-order valence-electron chi connectivity index (χ3n) is 7.22. The summed E-state index contributed by atoms with van der Waals surface area (Å²) in [5, 5.41) is 14.9. The number of carbonyl (C=O) groups excluding carboxylic acids is 1. The number of aryl methyl sites for hydroxylation is 1. The van der Waals surface area contributed by atoms with Crippen molar-refractivity contribution in [2.75, 3.05) is 29.9 Å². The minimum Gasteiger partial charge on any atom is -0.354 e. The maximum atomic E-state index is 15.0. The van der Waals surface area contributed by atoms with Gasteiger partial charge in [0, 0.05) is 30.3 Å². The Balaban J connectivity index is 1.52. The van der Waals surface area contributed by atoms with Crippen molar-refractivity contribution >= 4 is 33.1 Å². The number of nitrogens with one attached hydrogen (secondary N) is 1. The van der Waals surface area contributed by atoms with Gasteiger partial charge in [0.25, 0.3) is 5.92 Å². The Morgan fingerprint density at radius 3 is 2.53 bits per heavy atom. The predicted octanol–water partition coefficient (Wildman–Crippen LogP) is 5.24. The summed E-state index contributed by atoms with van der Waals surface area (Å²) >= 11 is 0. The smallest absolute Gasteiger partial charge is 0.270 e. The van der Waals surface area contributed by atoms with Crippen LogP contribution in [0.25, 0.3) is 0 Å². The standard InChI is InChI=1S/C26H30F2N4OS/c1-5-20-21(15-29)17(3)30-16-22(20)31-19-9-7-18(8-10-19)23-25(4,26(23,27)28)24(33)32-11-13-34(6-2)14-12-32/h6-10,16,23,31H,5,11-14H2,1-4H3. The van der Waals surface area contributed by atoms with Gasteiger partial charge in [0.2, 0.25) is 5.91 Å². The van der Waals surface area contributed by atoms with Gasteiger partial charge in [0.1, 0.15) is 11.5 Å². The third-order valence-corrected chi connectivity index (χ3v) is 9.31. The molecule has 0 spiro atoms. The maximum absolute atomic E-state index is 15.0. The van der Waals surface area contributed by atoms with E-state index < -0.39 is 23.2 Å². The van der Waals surface area contributed by atoms with Crippen LogP contribution in [0, 0.1) is 23.7 Å². The van der Waals surface area contributed by atoms with E-state index in [1.54, 1.807) is 42.3 Å². The Morgan fingerprint density at radius 1 is 1.32 bits per heavy atom. The molecule has 1 aliphatic carbocycles. The van der Waals surface area contributed by atoms with E-state index in [0.717, 1.165) is 22.8 Å². The lowest BCUT2D eigenvalue weighted by atomic mass is 9.99. The fraction of sp³-hybridized carbons (Fsp3) is 0.462. The molecule has 180 valence electrons. The molecule has 0 bridgehead atoms. The van der Waals surface area contributed by atoms with Gasteiger partial charge in [-0.2, -0.15) is 15.7 Å². The predicted molar refractivity (Wildman–Crippen MR) is 134 cm³/mol. The molecule has 0 radical (unpaired) electrons. The lowest BCUT2D eigenvalue weighted by molar-refractivity contribution is -0.139. The third kappa shape index (κ3) is 3.90. The van der Waals surface area contributed by atoms with Crippen molar-refractivity contribution in [3.8, 4) is 6.07 Å². The van der Waals surface area contributed by atoms with E-state index in [0.29, 0.717) is 42.0 Å². The molecule has 2 heterocycles. The second-order valence-electron chi connectivity index (χ2n) is 9.06. The van der Waals surface area contributed by atoms with Crippen LogP contribution in [0.3, 0.4) is 0 Å². The first-order chi connectivity index (χ1) is 16.2. The second-order valence-corrected chi connectivity index (χ2v) is 11.4. The van der Waals surface area contributed by atoms with Gasteiger partial charge in [-0.15, -0.1) is 0 Å². The highest BCUT2D eigenvalue weighted by Crippen LogP contribution is 2.71. The van der Waals surface area contributed by atoms with E-state index >= 15 is 8.78 Å². The van der Waals surface area contributed by atoms with Gasteiger partial charge in [0.05, 0.1) is 29.1 Å². The zero-order valence-corrected chi connectivity index (χ0v) is 20.8. The summed E-state index contributed by atoms with van der Waals surface area (Å²) < 4.78 is 30.1. The summed E-state index contributed by atoms with van der Waals surface area (Å²) in [6.45, 7) is 8.29. The Labute approximate surface area is 202 Å². The summed E-state index contributed by atoms with van der Waals surface area (Å²) in [4.78, 5) is 19.1. The fourth-order valence-corrected chi connectivity index (χ4v) is 6.56. The number of alkyl halides is 2. The largest absolute Gasteiger partial charge is 0.354 e. The highest BCUT2D eigenvalue weighted by atomic mass is 32.2. The number of hydrogen-bond donors (Lipinski definition) is 1. The Morgan fingerprint density at radius 2 is 1.97 bits per heavy atom. The number of carbonyl (C=O) groups is 1. The normalized spacial score (nSPS) is 23.8. The van der Waals surface area contributed by atoms with Crippen molar-refractivity contribution in [3.63, 3.8) is 0 Å². The molecule has 34 heavy (non-hydrogen) atoms. The highest BCUT2D eigenvalue weighted by molar-refractivity contribution is 8.15. The van der Waals surface area contributed by atoms with Crippen LogP contribution in [0.5, 0.6) is 0 Å². The molecular weight excluding hydrogens is 454 g/mol. The van der Waals surface area contributed by atoms with Crippen LogP contribution >= 0.6 is 10.5 Å². The molecule has 2 aromatic rings. The Kier molecular flexibility index (Phi) is 6.52. The minimum atomic E-state index is -3.08. The summed E-state index contributed by atoms with van der Waals surface area (Å²) in [5.41, 5.74) is 2.30. The number of halogens is 2. The summed E-state index contributed by atoms with van der Waals surface area (Å²) in [6.07, 6.45) is 2.35. The van der Waals surface area contributed by atoms with Crippen molar-refractivity contribution in [2.24, 2.45) is 5.41 Å². The molecule has 2 unspecified atom stereocenters. The SMILES string of the molecule is CC=S1CCN(C(=O)C2(C)C(c3ccc(Nc4cnc(C)c(C#N)c4CC)cc3)C2(F)F)CC1. The van der Waals surface area contributed by atoms with Crippen LogP contribution in [0.1, 0.15) is 49.1 Å². The van der Waals surface area contributed by atoms with Gasteiger partial charge in [-0.1, -0.05) is 24.4 Å². The lowest BCUT2D eigenvalue weighted by Crippen LogP contribution is -2.44. The number of rotatable bonds is 5. The fourth-order valence-electron chi connectivity index (χ4n) is 4.97. The molecule has 1 aliphatic heterocycles. The van der Waals surface area contributed by atoms with Crippen LogP contribution < -0.4 is 5.32 Å². The molecule has 1 aromatic carbocycles. The van der Waals surface area contributed by atoms with E-state index in [9.17, 15) is 10.1 Å². The van der Waals surface area contributed by atoms with Crippen LogP contribution in [-0.2, 0) is 11.2 Å². The molecule has 8 heteroatoms. The quantitative estimate of drug-likeness (QED) is 0.590. The van der Waals surface area contributed by atoms with Crippen molar-refractivity contribution in [2.45, 2.75) is 46.0 Å². The molecule has 1 N–H and O–H groups in total. The van der Waals surface area contributed by atoms with E-state index in [4.69, 9.17) is 0 Å². The van der Waals surface area contributed by atoms with Crippen molar-refractivity contribution in [1.29, 1.82) is 5.26 Å². The van der Waals surface area contributed by atoms with Crippen LogP contribution in [0.15, 0.2) is 30.5 Å². The van der Waals surface area contributed by atoms with Gasteiger partial charge in [0.15, 0.2) is 0 Å². The first-order valence-electron chi connectivity index (χ1n) is 11.6.